The lowest BCUT2D eigenvalue weighted by atomic mass is 10.2. The zero-order valence-electron chi connectivity index (χ0n) is 13.1. The molecule has 124 valence electrons. The Hall–Kier alpha value is -1.57. The molecule has 23 heavy (non-hydrogen) atoms. The van der Waals surface area contributed by atoms with Crippen LogP contribution in [0.15, 0.2) is 51.8 Å². The highest BCUT2D eigenvalue weighted by Gasteiger charge is 2.21. The molecule has 5 nitrogen and oxygen atoms in total. The second-order valence-corrected chi connectivity index (χ2v) is 7.87. The Labute approximate surface area is 145 Å². The summed E-state index contributed by atoms with van der Waals surface area (Å²) in [5.74, 6) is 1.17. The van der Waals surface area contributed by atoms with E-state index < -0.39 is 10.0 Å². The first kappa shape index (κ1) is 17.8. The first-order valence-corrected chi connectivity index (χ1v) is 9.04. The average molecular weight is 400 g/mol. The highest BCUT2D eigenvalue weighted by molar-refractivity contribution is 9.10. The summed E-state index contributed by atoms with van der Waals surface area (Å²) in [6.07, 6.45) is 0. The van der Waals surface area contributed by atoms with Crippen molar-refractivity contribution in [2.45, 2.75) is 11.4 Å². The van der Waals surface area contributed by atoms with Gasteiger partial charge in [0.25, 0.3) is 0 Å². The molecule has 0 unspecified atom stereocenters. The number of hydrogen-bond acceptors (Lipinski definition) is 4. The number of nitrogens with zero attached hydrogens (tertiary/aromatic N) is 1. The van der Waals surface area contributed by atoms with Gasteiger partial charge in [0.15, 0.2) is 11.5 Å². The lowest BCUT2D eigenvalue weighted by Gasteiger charge is -2.18. The number of ether oxygens (including phenoxy) is 2. The number of benzene rings is 2. The summed E-state index contributed by atoms with van der Waals surface area (Å²) >= 11 is 3.29. The van der Waals surface area contributed by atoms with Crippen molar-refractivity contribution in [2.24, 2.45) is 0 Å². The van der Waals surface area contributed by atoms with Crippen molar-refractivity contribution in [3.63, 3.8) is 0 Å². The molecule has 0 aliphatic carbocycles. The first-order chi connectivity index (χ1) is 10.9. The van der Waals surface area contributed by atoms with Gasteiger partial charge in [0.05, 0.1) is 19.1 Å². The topological polar surface area (TPSA) is 55.8 Å². The average Bonchev–Trinajstić information content (AvgIpc) is 2.54. The van der Waals surface area contributed by atoms with Gasteiger partial charge >= 0.3 is 0 Å². The van der Waals surface area contributed by atoms with E-state index in [1.54, 1.807) is 57.7 Å². The quantitative estimate of drug-likeness (QED) is 0.747. The number of halogens is 1. The monoisotopic (exact) mass is 399 g/mol. The molecule has 2 rings (SSSR count). The van der Waals surface area contributed by atoms with E-state index in [4.69, 9.17) is 9.47 Å². The summed E-state index contributed by atoms with van der Waals surface area (Å²) < 4.78 is 37.7. The van der Waals surface area contributed by atoms with Gasteiger partial charge in [-0.2, -0.15) is 4.31 Å². The minimum absolute atomic E-state index is 0.231. The van der Waals surface area contributed by atoms with Gasteiger partial charge in [-0.05, 0) is 35.9 Å². The fourth-order valence-corrected chi connectivity index (χ4v) is 3.88. The van der Waals surface area contributed by atoms with Crippen molar-refractivity contribution in [3.05, 3.63) is 52.5 Å². The molecule has 0 bridgehead atoms. The number of hydrogen-bond donors (Lipinski definition) is 0. The Morgan fingerprint density at radius 1 is 1.04 bits per heavy atom. The number of rotatable bonds is 6. The smallest absolute Gasteiger partial charge is 0.243 e. The molecule has 0 heterocycles. The fraction of sp³-hybridized carbons (Fsp3) is 0.250. The molecule has 0 aliphatic heterocycles. The summed E-state index contributed by atoms with van der Waals surface area (Å²) in [6.45, 7) is 0.231. The Morgan fingerprint density at radius 2 is 1.74 bits per heavy atom. The Bertz CT molecular complexity index is 792. The molecule has 0 fully saturated rings. The first-order valence-electron chi connectivity index (χ1n) is 6.81. The van der Waals surface area contributed by atoms with Crippen LogP contribution < -0.4 is 9.47 Å². The summed E-state index contributed by atoms with van der Waals surface area (Å²) in [4.78, 5) is 0.245. The SMILES string of the molecule is COc1ccc(CN(C)S(=O)(=O)c2cccc(Br)c2)cc1OC. The van der Waals surface area contributed by atoms with Crippen molar-refractivity contribution >= 4 is 26.0 Å². The number of sulfonamides is 1. The normalized spacial score (nSPS) is 11.5. The number of methoxy groups -OCH3 is 2. The lowest BCUT2D eigenvalue weighted by molar-refractivity contribution is 0.354. The minimum Gasteiger partial charge on any atom is -0.493 e. The third-order valence-electron chi connectivity index (χ3n) is 3.36. The second-order valence-electron chi connectivity index (χ2n) is 4.91. The van der Waals surface area contributed by atoms with Crippen molar-refractivity contribution < 1.29 is 17.9 Å². The molecule has 2 aromatic carbocycles. The van der Waals surface area contributed by atoms with Gasteiger partial charge in [0.2, 0.25) is 10.0 Å². The van der Waals surface area contributed by atoms with Crippen LogP contribution >= 0.6 is 15.9 Å². The van der Waals surface area contributed by atoms with Gasteiger partial charge in [0.1, 0.15) is 0 Å². The van der Waals surface area contributed by atoms with Crippen LogP contribution in [-0.2, 0) is 16.6 Å². The zero-order valence-corrected chi connectivity index (χ0v) is 15.5. The van der Waals surface area contributed by atoms with Crippen molar-refractivity contribution in [1.82, 2.24) is 4.31 Å². The molecule has 2 aromatic rings. The van der Waals surface area contributed by atoms with E-state index in [2.05, 4.69) is 15.9 Å². The van der Waals surface area contributed by atoms with Gasteiger partial charge in [-0.15, -0.1) is 0 Å². The van der Waals surface area contributed by atoms with Gasteiger partial charge < -0.3 is 9.47 Å². The molecule has 0 saturated carbocycles. The van der Waals surface area contributed by atoms with Crippen LogP contribution in [0.3, 0.4) is 0 Å². The predicted octanol–water partition coefficient (Wildman–Crippen LogP) is 3.29. The largest absolute Gasteiger partial charge is 0.493 e. The Morgan fingerprint density at radius 3 is 2.35 bits per heavy atom. The third-order valence-corrected chi connectivity index (χ3v) is 5.65. The molecule has 0 saturated heterocycles. The van der Waals surface area contributed by atoms with Crippen molar-refractivity contribution in [1.29, 1.82) is 0 Å². The molecule has 0 amide bonds. The lowest BCUT2D eigenvalue weighted by Crippen LogP contribution is -2.26. The summed E-state index contributed by atoms with van der Waals surface area (Å²) in [5.41, 5.74) is 0.809. The van der Waals surface area contributed by atoms with Crippen molar-refractivity contribution in [2.75, 3.05) is 21.3 Å². The molecular formula is C16H18BrNO4S. The summed E-state index contributed by atoms with van der Waals surface area (Å²) in [7, 11) is 1.09. The van der Waals surface area contributed by atoms with E-state index in [0.29, 0.717) is 11.5 Å². The maximum absolute atomic E-state index is 12.6. The molecule has 0 atom stereocenters. The maximum Gasteiger partial charge on any atom is 0.243 e. The maximum atomic E-state index is 12.6. The van der Waals surface area contributed by atoms with Crippen LogP contribution in [0.1, 0.15) is 5.56 Å². The molecule has 0 aromatic heterocycles. The van der Waals surface area contributed by atoms with Crippen LogP contribution in [0.5, 0.6) is 11.5 Å². The van der Waals surface area contributed by atoms with Gasteiger partial charge in [-0.1, -0.05) is 28.1 Å². The standard InChI is InChI=1S/C16H18BrNO4S/c1-18(23(19,20)14-6-4-5-13(17)10-14)11-12-7-8-15(21-2)16(9-12)22-3/h4-10H,11H2,1-3H3. The van der Waals surface area contributed by atoms with E-state index in [0.717, 1.165) is 10.0 Å². The predicted molar refractivity (Wildman–Crippen MR) is 92.3 cm³/mol. The molecule has 0 spiro atoms. The molecule has 7 heteroatoms. The summed E-state index contributed by atoms with van der Waals surface area (Å²) in [5, 5.41) is 0. The van der Waals surface area contributed by atoms with Crippen LogP contribution in [0.25, 0.3) is 0 Å². The minimum atomic E-state index is -3.56. The van der Waals surface area contributed by atoms with Gasteiger partial charge in [-0.3, -0.25) is 0 Å². The third kappa shape index (κ3) is 4.04. The molecule has 0 aliphatic rings. The van der Waals surface area contributed by atoms with E-state index >= 15 is 0 Å². The van der Waals surface area contributed by atoms with Crippen LogP contribution in [-0.4, -0.2) is 34.0 Å². The highest BCUT2D eigenvalue weighted by Crippen LogP contribution is 2.28. The van der Waals surface area contributed by atoms with E-state index in [9.17, 15) is 8.42 Å². The molecular weight excluding hydrogens is 382 g/mol. The van der Waals surface area contributed by atoms with E-state index in [-0.39, 0.29) is 11.4 Å². The van der Waals surface area contributed by atoms with Crippen LogP contribution in [0.2, 0.25) is 0 Å². The Kier molecular flexibility index (Phi) is 5.67. The second kappa shape index (κ2) is 7.33. The summed E-state index contributed by atoms with van der Waals surface area (Å²) in [6, 6.07) is 12.0. The van der Waals surface area contributed by atoms with Gasteiger partial charge in [0, 0.05) is 18.1 Å². The fourth-order valence-electron chi connectivity index (χ4n) is 2.13. The zero-order chi connectivity index (χ0) is 17.0. The van der Waals surface area contributed by atoms with Crippen LogP contribution in [0, 0.1) is 0 Å². The van der Waals surface area contributed by atoms with Gasteiger partial charge in [-0.25, -0.2) is 8.42 Å². The highest BCUT2D eigenvalue weighted by atomic mass is 79.9. The van der Waals surface area contributed by atoms with Crippen molar-refractivity contribution in [3.8, 4) is 11.5 Å². The van der Waals surface area contributed by atoms with E-state index in [1.807, 2.05) is 6.07 Å². The molecule has 0 N–H and O–H groups in total. The van der Waals surface area contributed by atoms with Crippen LogP contribution in [0.4, 0.5) is 0 Å². The van der Waals surface area contributed by atoms with E-state index in [1.165, 1.54) is 4.31 Å². The Balaban J connectivity index is 2.26. The molecule has 0 radical (unpaired) electrons.